The molecule has 4 aliphatic heterocycles. The predicted octanol–water partition coefficient (Wildman–Crippen LogP) is 4.68. The lowest BCUT2D eigenvalue weighted by atomic mass is 9.78. The molecule has 0 aliphatic carbocycles. The van der Waals surface area contributed by atoms with Gasteiger partial charge in [0.15, 0.2) is 5.75 Å². The Bertz CT molecular complexity index is 2460. The number of ketones is 1. The number of carbonyl (C=O) groups is 4. The van der Waals surface area contributed by atoms with Gasteiger partial charge in [-0.2, -0.15) is 0 Å². The molecule has 1 spiro atoms. The maximum atomic E-state index is 14.8. The van der Waals surface area contributed by atoms with E-state index in [1.807, 2.05) is 0 Å². The first-order valence-electron chi connectivity index (χ1n) is 21.6. The van der Waals surface area contributed by atoms with E-state index in [1.54, 1.807) is 67.5 Å². The molecule has 4 bridgehead atoms. The smallest absolute Gasteiger partial charge is 0.410 e. The van der Waals surface area contributed by atoms with E-state index in [9.17, 15) is 39.6 Å². The molecule has 2 aromatic carbocycles. The fraction of sp³-hybridized carbons (Fsp3) is 0.574. The number of phenols is 2. The van der Waals surface area contributed by atoms with Crippen LogP contribution < -0.4 is 20.8 Å². The van der Waals surface area contributed by atoms with Crippen LogP contribution in [0.3, 0.4) is 0 Å². The summed E-state index contributed by atoms with van der Waals surface area (Å²) in [5.74, 6) is -7.49. The highest BCUT2D eigenvalue weighted by Gasteiger charge is 2.50. The van der Waals surface area contributed by atoms with Crippen LogP contribution in [0.25, 0.3) is 10.8 Å². The van der Waals surface area contributed by atoms with Crippen LogP contribution in [-0.2, 0) is 28.5 Å². The van der Waals surface area contributed by atoms with E-state index in [1.165, 1.54) is 51.2 Å². The summed E-state index contributed by atoms with van der Waals surface area (Å²) < 4.78 is 29.6. The molecule has 10 atom stereocenters. The van der Waals surface area contributed by atoms with Crippen molar-refractivity contribution in [3.63, 3.8) is 0 Å². The number of esters is 1. The van der Waals surface area contributed by atoms with E-state index in [-0.39, 0.29) is 62.7 Å². The van der Waals surface area contributed by atoms with Crippen molar-refractivity contribution < 1.29 is 63.3 Å². The monoisotopic (exact) mass is 890 g/mol. The Morgan fingerprint density at radius 3 is 2.30 bits per heavy atom. The zero-order chi connectivity index (χ0) is 47.4. The molecule has 0 radical (unpaired) electrons. The molecule has 1 fully saturated rings. The number of fused-ring (bicyclic) bond motifs is 1. The van der Waals surface area contributed by atoms with Crippen molar-refractivity contribution in [1.82, 2.24) is 4.90 Å². The standard InChI is InChI=1S/C47H62N4O13/c1-22-14-13-15-23(2)43(58)49-35-34-33(50-47(20-48-34)17-18-51(21-47)44(59)64-45(8,9)10)30-31(39(35)56)38(55)27(6)41-32(30)42(57)46(11,63-41)61-19-16-29(60-12)24(3)40(62-28(7)52)26(5)37(54)25(4)36(22)53/h13-16,19,22,24-26,29,36-37,40,53-56H,17-18,20-21H2,1-12H3,(H,49,58)/b14-13+,19-16+,23-15-/t22-,24?,25+,26+,29-,36-,37+,40+,46-,47?/m0/s1. The van der Waals surface area contributed by atoms with Gasteiger partial charge in [0.05, 0.1) is 54.0 Å². The van der Waals surface area contributed by atoms with Gasteiger partial charge in [-0.15, -0.1) is 0 Å². The van der Waals surface area contributed by atoms with Crippen LogP contribution in [-0.4, -0.2) is 117 Å². The van der Waals surface area contributed by atoms with Crippen molar-refractivity contribution in [1.29, 1.82) is 0 Å². The van der Waals surface area contributed by atoms with Gasteiger partial charge in [0.25, 0.3) is 11.7 Å². The number of benzene rings is 2. The zero-order valence-electron chi connectivity index (χ0n) is 38.6. The van der Waals surface area contributed by atoms with Crippen LogP contribution in [0.4, 0.5) is 10.5 Å². The summed E-state index contributed by atoms with van der Waals surface area (Å²) in [5, 5.41) is 49.7. The third-order valence-electron chi connectivity index (χ3n) is 12.8. The average Bonchev–Trinajstić information content (AvgIpc) is 3.76. The molecule has 6 rings (SSSR count). The number of hydrogen-bond acceptors (Lipinski definition) is 15. The highest BCUT2D eigenvalue weighted by Crippen LogP contribution is 2.49. The number of aliphatic hydroxyl groups excluding tert-OH is 2. The van der Waals surface area contributed by atoms with E-state index in [4.69, 9.17) is 33.7 Å². The zero-order valence-corrected chi connectivity index (χ0v) is 38.6. The number of methoxy groups -OCH3 is 1. The summed E-state index contributed by atoms with van der Waals surface area (Å²) in [6.07, 6.45) is 3.49. The molecule has 0 saturated carbocycles. The van der Waals surface area contributed by atoms with Gasteiger partial charge in [0.1, 0.15) is 39.8 Å². The summed E-state index contributed by atoms with van der Waals surface area (Å²) in [4.78, 5) is 66.0. The maximum absolute atomic E-state index is 14.8. The number of anilines is 1. The lowest BCUT2D eigenvalue weighted by molar-refractivity contribution is -0.160. The molecule has 1 saturated heterocycles. The molecular formula is C47H62N4O13. The maximum Gasteiger partial charge on any atom is 0.410 e. The summed E-state index contributed by atoms with van der Waals surface area (Å²) in [6.45, 7) is 18.4. The molecule has 4 heterocycles. The Kier molecular flexibility index (Phi) is 13.3. The molecule has 5 N–H and O–H groups in total. The molecule has 4 aliphatic rings. The Labute approximate surface area is 372 Å². The SMILES string of the molecule is CO[C@H]1/C=C/O[C@@]2(C)Oc3c(C)c(O)c4c(O)c(c5c(c4c3C2=O)=NC2(CCN(C(=O)OC(C)(C)C)C2)CN=5)NC(=O)/C(C)=C\C=C\[C@H](C)[C@H](O)[C@@H](C)[C@@H](O)[C@@H](C)[C@H](OC(C)=O)C1C. The van der Waals surface area contributed by atoms with E-state index in [0.717, 1.165) is 0 Å². The number of Topliss-reactive ketones (excluding diaryl/α,β-unsaturated/α-hetero) is 1. The number of hydrogen-bond donors (Lipinski definition) is 5. The van der Waals surface area contributed by atoms with Gasteiger partial charge in [-0.05, 0) is 47.1 Å². The minimum atomic E-state index is -2.03. The molecule has 2 unspecified atom stereocenters. The Morgan fingerprint density at radius 1 is 0.969 bits per heavy atom. The number of aromatic hydroxyl groups is 2. The first kappa shape index (κ1) is 47.9. The summed E-state index contributed by atoms with van der Waals surface area (Å²) in [5.41, 5.74) is -1.68. The number of carbonyl (C=O) groups excluding carboxylic acids is 4. The quantitative estimate of drug-likeness (QED) is 0.204. The van der Waals surface area contributed by atoms with E-state index in [0.29, 0.717) is 13.0 Å². The van der Waals surface area contributed by atoms with Crippen molar-refractivity contribution >= 4 is 40.2 Å². The first-order chi connectivity index (χ1) is 29.8. The van der Waals surface area contributed by atoms with Crippen LogP contribution >= 0.6 is 0 Å². The fourth-order valence-electron chi connectivity index (χ4n) is 9.03. The topological polar surface area (TPSA) is 235 Å². The van der Waals surface area contributed by atoms with Crippen LogP contribution in [0.5, 0.6) is 17.2 Å². The molecule has 2 amide bonds. The van der Waals surface area contributed by atoms with Crippen LogP contribution in [0.15, 0.2) is 46.1 Å². The van der Waals surface area contributed by atoms with Crippen molar-refractivity contribution in [2.45, 2.75) is 124 Å². The Balaban J connectivity index is 1.56. The van der Waals surface area contributed by atoms with Crippen molar-refractivity contribution in [3.05, 3.63) is 58.0 Å². The van der Waals surface area contributed by atoms with Crippen LogP contribution in [0.1, 0.15) is 91.6 Å². The third kappa shape index (κ3) is 8.94. The van der Waals surface area contributed by atoms with E-state index >= 15 is 0 Å². The highest BCUT2D eigenvalue weighted by atomic mass is 16.7. The lowest BCUT2D eigenvalue weighted by Crippen LogP contribution is -2.47. The van der Waals surface area contributed by atoms with Gasteiger partial charge >= 0.3 is 17.8 Å². The molecule has 17 nitrogen and oxygen atoms in total. The van der Waals surface area contributed by atoms with Gasteiger partial charge in [-0.1, -0.05) is 45.9 Å². The van der Waals surface area contributed by atoms with Gasteiger partial charge in [0, 0.05) is 67.7 Å². The average molecular weight is 891 g/mol. The third-order valence-corrected chi connectivity index (χ3v) is 12.8. The predicted molar refractivity (Wildman–Crippen MR) is 234 cm³/mol. The van der Waals surface area contributed by atoms with Gasteiger partial charge in [0.2, 0.25) is 0 Å². The minimum Gasteiger partial charge on any atom is -0.507 e. The number of nitrogens with one attached hydrogen (secondary N) is 1. The molecule has 0 aromatic heterocycles. The second-order valence-electron chi connectivity index (χ2n) is 18.9. The van der Waals surface area contributed by atoms with Crippen LogP contribution in [0, 0.1) is 30.6 Å². The number of allylic oxidation sites excluding steroid dienone is 2. The number of ether oxygens (including phenoxy) is 5. The summed E-state index contributed by atoms with van der Waals surface area (Å²) in [6, 6.07) is 0. The second-order valence-corrected chi connectivity index (χ2v) is 18.9. The normalized spacial score (nSPS) is 33.0. The summed E-state index contributed by atoms with van der Waals surface area (Å²) in [7, 11) is 1.45. The first-order valence-corrected chi connectivity index (χ1v) is 21.6. The van der Waals surface area contributed by atoms with Gasteiger partial charge < -0.3 is 54.3 Å². The largest absolute Gasteiger partial charge is 0.507 e. The lowest BCUT2D eigenvalue weighted by Gasteiger charge is -2.38. The van der Waals surface area contributed by atoms with Gasteiger partial charge in [-0.25, -0.2) is 4.79 Å². The Morgan fingerprint density at radius 2 is 1.66 bits per heavy atom. The van der Waals surface area contributed by atoms with E-state index < -0.39 is 100 Å². The molecule has 2 aromatic rings. The summed E-state index contributed by atoms with van der Waals surface area (Å²) >= 11 is 0. The number of aliphatic hydroxyl groups is 2. The highest BCUT2D eigenvalue weighted by molar-refractivity contribution is 6.19. The van der Waals surface area contributed by atoms with Crippen molar-refractivity contribution in [2.75, 3.05) is 32.1 Å². The van der Waals surface area contributed by atoms with Crippen molar-refractivity contribution in [3.8, 4) is 17.2 Å². The fourth-order valence-corrected chi connectivity index (χ4v) is 9.03. The number of likely N-dealkylation sites (tertiary alicyclic amines) is 1. The molecular weight excluding hydrogens is 829 g/mol. The second kappa shape index (κ2) is 17.8. The Hall–Kier alpha value is -5.52. The van der Waals surface area contributed by atoms with Crippen LogP contribution in [0.2, 0.25) is 0 Å². The number of phenolic OH excluding ortho intramolecular Hbond substituents is 2. The van der Waals surface area contributed by atoms with Gasteiger partial charge in [-0.3, -0.25) is 24.4 Å². The molecule has 17 heteroatoms. The van der Waals surface area contributed by atoms with E-state index in [2.05, 4.69) is 5.32 Å². The number of nitrogens with zero attached hydrogens (tertiary/aromatic N) is 3. The minimum absolute atomic E-state index is 0.00929. The van der Waals surface area contributed by atoms with Crippen molar-refractivity contribution in [2.24, 2.45) is 33.7 Å². The number of rotatable bonds is 2. The molecule has 348 valence electrons. The number of amides is 2. The molecule has 64 heavy (non-hydrogen) atoms.